The molecule has 178 valence electrons. The van der Waals surface area contributed by atoms with Crippen LogP contribution in [0.1, 0.15) is 30.4 Å². The zero-order chi connectivity index (χ0) is 23.4. The maximum absolute atomic E-state index is 9.99. The SMILES string of the molecule is COc1ccc(C2(Oc3ccc(OCCN4CCCCC4)cc3)Cc3ccc(O)cc3S2)cc1. The van der Waals surface area contributed by atoms with Gasteiger partial charge in [0.2, 0.25) is 0 Å². The summed E-state index contributed by atoms with van der Waals surface area (Å²) >= 11 is 1.63. The van der Waals surface area contributed by atoms with E-state index in [0.29, 0.717) is 13.0 Å². The number of benzene rings is 3. The predicted octanol–water partition coefficient (Wildman–Crippen LogP) is 5.85. The van der Waals surface area contributed by atoms with Crippen LogP contribution in [0.2, 0.25) is 0 Å². The fraction of sp³-hybridized carbons (Fsp3) is 0.357. The van der Waals surface area contributed by atoms with Crippen LogP contribution in [0.3, 0.4) is 0 Å². The van der Waals surface area contributed by atoms with E-state index in [4.69, 9.17) is 14.2 Å². The second-order valence-corrected chi connectivity index (χ2v) is 10.2. The Morgan fingerprint density at radius 2 is 1.59 bits per heavy atom. The molecule has 0 amide bonds. The predicted molar refractivity (Wildman–Crippen MR) is 135 cm³/mol. The van der Waals surface area contributed by atoms with E-state index in [1.807, 2.05) is 48.5 Å². The largest absolute Gasteiger partial charge is 0.508 e. The number of piperidine rings is 1. The van der Waals surface area contributed by atoms with Crippen molar-refractivity contribution in [2.75, 3.05) is 33.4 Å². The van der Waals surface area contributed by atoms with Crippen LogP contribution in [-0.4, -0.2) is 43.4 Å². The first kappa shape index (κ1) is 22.9. The zero-order valence-electron chi connectivity index (χ0n) is 19.5. The van der Waals surface area contributed by atoms with Crippen molar-refractivity contribution in [1.29, 1.82) is 0 Å². The number of rotatable bonds is 8. The molecule has 0 aliphatic carbocycles. The number of nitrogens with zero attached hydrogens (tertiary/aromatic N) is 1. The number of phenols is 1. The Morgan fingerprint density at radius 1 is 0.882 bits per heavy atom. The van der Waals surface area contributed by atoms with E-state index in [1.54, 1.807) is 24.9 Å². The monoisotopic (exact) mass is 477 g/mol. The number of hydrogen-bond acceptors (Lipinski definition) is 6. The molecule has 1 N–H and O–H groups in total. The highest BCUT2D eigenvalue weighted by Gasteiger charge is 2.42. The normalized spacial score (nSPS) is 20.0. The summed E-state index contributed by atoms with van der Waals surface area (Å²) in [5, 5.41) is 9.99. The smallest absolute Gasteiger partial charge is 0.188 e. The third kappa shape index (κ3) is 5.13. The minimum atomic E-state index is -0.626. The summed E-state index contributed by atoms with van der Waals surface area (Å²) in [4.78, 5) is 2.89. The van der Waals surface area contributed by atoms with Crippen LogP contribution < -0.4 is 14.2 Å². The lowest BCUT2D eigenvalue weighted by molar-refractivity contribution is 0.170. The molecule has 2 aliphatic heterocycles. The fourth-order valence-corrected chi connectivity index (χ4v) is 6.07. The van der Waals surface area contributed by atoms with Crippen LogP contribution in [0.15, 0.2) is 71.6 Å². The van der Waals surface area contributed by atoms with Gasteiger partial charge in [0.15, 0.2) is 4.93 Å². The number of thioether (sulfide) groups is 1. The molecule has 1 atom stereocenters. The molecule has 2 heterocycles. The summed E-state index contributed by atoms with van der Waals surface area (Å²) in [7, 11) is 1.67. The van der Waals surface area contributed by atoms with E-state index in [-0.39, 0.29) is 5.75 Å². The topological polar surface area (TPSA) is 51.2 Å². The summed E-state index contributed by atoms with van der Waals surface area (Å²) in [6.07, 6.45) is 4.64. The van der Waals surface area contributed by atoms with Gasteiger partial charge >= 0.3 is 0 Å². The molecule has 5 rings (SSSR count). The van der Waals surface area contributed by atoms with E-state index in [0.717, 1.165) is 39.8 Å². The van der Waals surface area contributed by atoms with Crippen molar-refractivity contribution >= 4 is 11.8 Å². The summed E-state index contributed by atoms with van der Waals surface area (Å²) in [5.41, 5.74) is 2.21. The first-order valence-electron chi connectivity index (χ1n) is 11.9. The molecule has 6 heteroatoms. The van der Waals surface area contributed by atoms with E-state index in [2.05, 4.69) is 17.0 Å². The molecule has 0 bridgehead atoms. The molecular formula is C28H31NO4S. The van der Waals surface area contributed by atoms with Gasteiger partial charge < -0.3 is 19.3 Å². The molecule has 0 radical (unpaired) electrons. The zero-order valence-corrected chi connectivity index (χ0v) is 20.4. The quantitative estimate of drug-likeness (QED) is 0.440. The van der Waals surface area contributed by atoms with Crippen molar-refractivity contribution in [3.05, 3.63) is 77.9 Å². The molecular weight excluding hydrogens is 446 g/mol. The second-order valence-electron chi connectivity index (χ2n) is 8.88. The van der Waals surface area contributed by atoms with Crippen LogP contribution in [0, 0.1) is 0 Å². The number of aromatic hydroxyl groups is 1. The van der Waals surface area contributed by atoms with E-state index in [1.165, 1.54) is 32.4 Å². The Bertz CT molecular complexity index is 1100. The first-order chi connectivity index (χ1) is 16.6. The minimum Gasteiger partial charge on any atom is -0.508 e. The van der Waals surface area contributed by atoms with Gasteiger partial charge in [-0.1, -0.05) is 36.4 Å². The number of phenolic OH excluding ortho intramolecular Hbond substituents is 1. The Labute approximate surface area is 205 Å². The molecule has 1 fully saturated rings. The highest BCUT2D eigenvalue weighted by Crippen LogP contribution is 2.53. The van der Waals surface area contributed by atoms with Crippen LogP contribution >= 0.6 is 11.8 Å². The lowest BCUT2D eigenvalue weighted by atomic mass is 10.0. The molecule has 0 aromatic heterocycles. The number of likely N-dealkylation sites (tertiary alicyclic amines) is 1. The molecule has 3 aromatic rings. The molecule has 5 nitrogen and oxygen atoms in total. The molecule has 2 aliphatic rings. The summed E-state index contributed by atoms with van der Waals surface area (Å²) < 4.78 is 18.0. The van der Waals surface area contributed by atoms with Crippen molar-refractivity contribution in [2.45, 2.75) is 35.5 Å². The molecule has 3 aromatic carbocycles. The minimum absolute atomic E-state index is 0.267. The van der Waals surface area contributed by atoms with Gasteiger partial charge in [-0.2, -0.15) is 0 Å². The number of methoxy groups -OCH3 is 1. The molecule has 34 heavy (non-hydrogen) atoms. The van der Waals surface area contributed by atoms with Crippen molar-refractivity contribution < 1.29 is 19.3 Å². The van der Waals surface area contributed by atoms with E-state index >= 15 is 0 Å². The van der Waals surface area contributed by atoms with Gasteiger partial charge in [0.1, 0.15) is 29.6 Å². The summed E-state index contributed by atoms with van der Waals surface area (Å²) in [6, 6.07) is 21.5. The van der Waals surface area contributed by atoms with Crippen molar-refractivity contribution in [2.24, 2.45) is 0 Å². The number of fused-ring (bicyclic) bond motifs is 1. The first-order valence-corrected chi connectivity index (χ1v) is 12.7. The van der Waals surface area contributed by atoms with Crippen molar-refractivity contribution in [3.63, 3.8) is 0 Å². The van der Waals surface area contributed by atoms with Gasteiger partial charge in [0.25, 0.3) is 0 Å². The van der Waals surface area contributed by atoms with Crippen molar-refractivity contribution in [1.82, 2.24) is 4.90 Å². The third-order valence-corrected chi connectivity index (χ3v) is 7.90. The Morgan fingerprint density at radius 3 is 2.32 bits per heavy atom. The molecule has 1 unspecified atom stereocenters. The van der Waals surface area contributed by atoms with E-state index < -0.39 is 4.93 Å². The van der Waals surface area contributed by atoms with Gasteiger partial charge in [-0.25, -0.2) is 0 Å². The average molecular weight is 478 g/mol. The molecule has 1 saturated heterocycles. The maximum atomic E-state index is 9.99. The van der Waals surface area contributed by atoms with Gasteiger partial charge in [-0.15, -0.1) is 0 Å². The third-order valence-electron chi connectivity index (χ3n) is 6.51. The Kier molecular flexibility index (Phi) is 6.88. The van der Waals surface area contributed by atoms with E-state index in [9.17, 15) is 5.11 Å². The fourth-order valence-electron chi connectivity index (χ4n) is 4.64. The number of hydrogen-bond donors (Lipinski definition) is 1. The van der Waals surface area contributed by atoms with Gasteiger partial charge in [0.05, 0.1) is 7.11 Å². The second kappa shape index (κ2) is 10.2. The van der Waals surface area contributed by atoms with Crippen LogP contribution in [0.5, 0.6) is 23.0 Å². The summed E-state index contributed by atoms with van der Waals surface area (Å²) in [6.45, 7) is 4.04. The standard InChI is InChI=1S/C28H31NO4S/c1-31-24-9-6-22(7-10-24)28(20-21-5-8-23(30)19-27(21)34-28)33-26-13-11-25(12-14-26)32-18-17-29-15-3-2-4-16-29/h5-14,19,30H,2-4,15-18,20H2,1H3. The van der Waals surface area contributed by atoms with Gasteiger partial charge in [-0.05, 0) is 80.0 Å². The maximum Gasteiger partial charge on any atom is 0.188 e. The van der Waals surface area contributed by atoms with Gasteiger partial charge in [0, 0.05) is 23.4 Å². The lowest BCUT2D eigenvalue weighted by Gasteiger charge is -2.30. The highest BCUT2D eigenvalue weighted by atomic mass is 32.2. The average Bonchev–Trinajstić information content (AvgIpc) is 3.24. The van der Waals surface area contributed by atoms with Crippen molar-refractivity contribution in [3.8, 4) is 23.0 Å². The highest BCUT2D eigenvalue weighted by molar-refractivity contribution is 8.00. The summed E-state index contributed by atoms with van der Waals surface area (Å²) in [5.74, 6) is 2.71. The lowest BCUT2D eigenvalue weighted by Crippen LogP contribution is -2.33. The Hall–Kier alpha value is -2.83. The van der Waals surface area contributed by atoms with Gasteiger partial charge in [-0.3, -0.25) is 4.90 Å². The molecule has 0 spiro atoms. The Balaban J connectivity index is 1.30. The molecule has 0 saturated carbocycles. The van der Waals surface area contributed by atoms with Crippen LogP contribution in [0.25, 0.3) is 0 Å². The number of ether oxygens (including phenoxy) is 3. The van der Waals surface area contributed by atoms with Crippen LogP contribution in [0.4, 0.5) is 0 Å². The van der Waals surface area contributed by atoms with Crippen LogP contribution in [-0.2, 0) is 11.4 Å².